The van der Waals surface area contributed by atoms with E-state index in [0.29, 0.717) is 6.42 Å². The largest absolute Gasteiger partial charge is 0.461 e. The van der Waals surface area contributed by atoms with Gasteiger partial charge in [-0.3, -0.25) is 4.98 Å². The van der Waals surface area contributed by atoms with Crippen LogP contribution in [0, 0.1) is 0 Å². The van der Waals surface area contributed by atoms with Crippen molar-refractivity contribution in [2.75, 3.05) is 0 Å². The Kier molecular flexibility index (Phi) is 3.61. The van der Waals surface area contributed by atoms with Crippen LogP contribution in [0.15, 0.2) is 71.4 Å². The molecule has 0 amide bonds. The first-order valence-corrected chi connectivity index (χ1v) is 6.62. The number of rotatable bonds is 4. The van der Waals surface area contributed by atoms with Crippen molar-refractivity contribution in [2.24, 2.45) is 5.73 Å². The predicted molar refractivity (Wildman–Crippen MR) is 79.0 cm³/mol. The Morgan fingerprint density at radius 1 is 0.950 bits per heavy atom. The van der Waals surface area contributed by atoms with Crippen LogP contribution < -0.4 is 5.73 Å². The molecule has 3 heteroatoms. The lowest BCUT2D eigenvalue weighted by molar-refractivity contribution is 0.499. The average molecular weight is 264 g/mol. The Hall–Kier alpha value is -2.39. The van der Waals surface area contributed by atoms with E-state index < -0.39 is 0 Å². The van der Waals surface area contributed by atoms with Gasteiger partial charge in [-0.05, 0) is 29.8 Å². The van der Waals surface area contributed by atoms with Gasteiger partial charge in [0.2, 0.25) is 0 Å². The molecule has 0 spiro atoms. The van der Waals surface area contributed by atoms with Gasteiger partial charge < -0.3 is 10.2 Å². The second-order valence-corrected chi connectivity index (χ2v) is 4.72. The lowest BCUT2D eigenvalue weighted by Gasteiger charge is -2.09. The van der Waals surface area contributed by atoms with Gasteiger partial charge in [0.05, 0.1) is 0 Å². The number of pyridine rings is 1. The lowest BCUT2D eigenvalue weighted by Crippen LogP contribution is -2.12. The molecule has 2 heterocycles. The molecule has 1 unspecified atom stereocenters. The number of furan rings is 1. The van der Waals surface area contributed by atoms with Crippen molar-refractivity contribution in [1.82, 2.24) is 4.98 Å². The number of hydrogen-bond donors (Lipinski definition) is 1. The number of benzene rings is 1. The summed E-state index contributed by atoms with van der Waals surface area (Å²) in [7, 11) is 0. The molecule has 0 aliphatic heterocycles. The van der Waals surface area contributed by atoms with Crippen molar-refractivity contribution >= 4 is 0 Å². The van der Waals surface area contributed by atoms with Gasteiger partial charge in [0.1, 0.15) is 11.5 Å². The fourth-order valence-corrected chi connectivity index (χ4v) is 2.19. The highest BCUT2D eigenvalue weighted by atomic mass is 16.3. The molecule has 20 heavy (non-hydrogen) atoms. The number of nitrogens with zero attached hydrogens (tertiary/aromatic N) is 1. The van der Waals surface area contributed by atoms with Gasteiger partial charge >= 0.3 is 0 Å². The van der Waals surface area contributed by atoms with E-state index >= 15 is 0 Å². The molecule has 3 nitrogen and oxygen atoms in total. The van der Waals surface area contributed by atoms with Crippen molar-refractivity contribution in [3.8, 4) is 11.3 Å². The van der Waals surface area contributed by atoms with Crippen LogP contribution in [0.2, 0.25) is 0 Å². The van der Waals surface area contributed by atoms with Crippen LogP contribution >= 0.6 is 0 Å². The van der Waals surface area contributed by atoms with Crippen LogP contribution in [-0.4, -0.2) is 4.98 Å². The van der Waals surface area contributed by atoms with E-state index in [0.717, 1.165) is 22.6 Å². The monoisotopic (exact) mass is 264 g/mol. The first-order valence-electron chi connectivity index (χ1n) is 6.62. The molecule has 0 saturated heterocycles. The fourth-order valence-electron chi connectivity index (χ4n) is 2.19. The third-order valence-electron chi connectivity index (χ3n) is 3.28. The Bertz CT molecular complexity index is 662. The zero-order valence-electron chi connectivity index (χ0n) is 11.1. The quantitative estimate of drug-likeness (QED) is 0.783. The maximum absolute atomic E-state index is 6.19. The molecule has 0 aliphatic carbocycles. The summed E-state index contributed by atoms with van der Waals surface area (Å²) in [5, 5.41) is 0. The van der Waals surface area contributed by atoms with E-state index in [4.69, 9.17) is 10.2 Å². The molecule has 2 aromatic heterocycles. The third kappa shape index (κ3) is 2.78. The molecule has 0 saturated carbocycles. The van der Waals surface area contributed by atoms with Gasteiger partial charge in [-0.25, -0.2) is 0 Å². The summed E-state index contributed by atoms with van der Waals surface area (Å²) >= 11 is 0. The van der Waals surface area contributed by atoms with E-state index in [9.17, 15) is 0 Å². The Morgan fingerprint density at radius 2 is 1.70 bits per heavy atom. The first kappa shape index (κ1) is 12.6. The molecule has 100 valence electrons. The van der Waals surface area contributed by atoms with Gasteiger partial charge in [0.15, 0.2) is 0 Å². The van der Waals surface area contributed by atoms with E-state index in [-0.39, 0.29) is 6.04 Å². The zero-order chi connectivity index (χ0) is 13.8. The minimum absolute atomic E-state index is 0.0761. The molecular weight excluding hydrogens is 248 g/mol. The smallest absolute Gasteiger partial charge is 0.134 e. The maximum Gasteiger partial charge on any atom is 0.134 e. The minimum Gasteiger partial charge on any atom is -0.461 e. The first-order chi connectivity index (χ1) is 9.83. The average Bonchev–Trinajstić information content (AvgIpc) is 2.97. The molecule has 0 bridgehead atoms. The van der Waals surface area contributed by atoms with Crippen molar-refractivity contribution in [3.63, 3.8) is 0 Å². The number of hydrogen-bond acceptors (Lipinski definition) is 3. The predicted octanol–water partition coefficient (Wildman–Crippen LogP) is 3.58. The Balaban J connectivity index is 1.75. The van der Waals surface area contributed by atoms with Crippen LogP contribution in [0.25, 0.3) is 11.3 Å². The molecule has 1 aromatic carbocycles. The second-order valence-electron chi connectivity index (χ2n) is 4.72. The minimum atomic E-state index is -0.0761. The summed E-state index contributed by atoms with van der Waals surface area (Å²) in [5.41, 5.74) is 8.33. The van der Waals surface area contributed by atoms with Crippen molar-refractivity contribution in [2.45, 2.75) is 12.5 Å². The van der Waals surface area contributed by atoms with Crippen LogP contribution in [0.3, 0.4) is 0 Å². The highest BCUT2D eigenvalue weighted by molar-refractivity contribution is 5.57. The van der Waals surface area contributed by atoms with Crippen LogP contribution in [-0.2, 0) is 6.42 Å². The summed E-state index contributed by atoms with van der Waals surface area (Å²) in [4.78, 5) is 4.00. The van der Waals surface area contributed by atoms with Crippen molar-refractivity contribution in [1.29, 1.82) is 0 Å². The van der Waals surface area contributed by atoms with Gasteiger partial charge in [0.25, 0.3) is 0 Å². The standard InChI is InChI=1S/C17H16N2O/c18-16(13-8-10-19-11-9-13)12-15-6-7-17(20-15)14-4-2-1-3-5-14/h1-11,16H,12,18H2. The van der Waals surface area contributed by atoms with E-state index in [1.165, 1.54) is 0 Å². The van der Waals surface area contributed by atoms with Crippen LogP contribution in [0.1, 0.15) is 17.4 Å². The van der Waals surface area contributed by atoms with Crippen molar-refractivity contribution in [3.05, 3.63) is 78.3 Å². The van der Waals surface area contributed by atoms with E-state index in [1.54, 1.807) is 12.4 Å². The fraction of sp³-hybridized carbons (Fsp3) is 0.118. The van der Waals surface area contributed by atoms with Crippen molar-refractivity contribution < 1.29 is 4.42 Å². The third-order valence-corrected chi connectivity index (χ3v) is 3.28. The Morgan fingerprint density at radius 3 is 2.45 bits per heavy atom. The van der Waals surface area contributed by atoms with Crippen LogP contribution in [0.4, 0.5) is 0 Å². The molecule has 0 radical (unpaired) electrons. The molecule has 2 N–H and O–H groups in total. The molecule has 3 rings (SSSR count). The Labute approximate surface area is 118 Å². The van der Waals surface area contributed by atoms with E-state index in [2.05, 4.69) is 4.98 Å². The summed E-state index contributed by atoms with van der Waals surface area (Å²) in [6.07, 6.45) is 4.19. The number of aromatic nitrogens is 1. The topological polar surface area (TPSA) is 52.0 Å². The zero-order valence-corrected chi connectivity index (χ0v) is 11.1. The highest BCUT2D eigenvalue weighted by Crippen LogP contribution is 2.24. The molecule has 3 aromatic rings. The van der Waals surface area contributed by atoms with E-state index in [1.807, 2.05) is 54.6 Å². The normalized spacial score (nSPS) is 12.2. The summed E-state index contributed by atoms with van der Waals surface area (Å²) < 4.78 is 5.87. The van der Waals surface area contributed by atoms with Gasteiger partial charge in [-0.2, -0.15) is 0 Å². The molecule has 1 atom stereocenters. The van der Waals surface area contributed by atoms with Crippen LogP contribution in [0.5, 0.6) is 0 Å². The SMILES string of the molecule is NC(Cc1ccc(-c2ccccc2)o1)c1ccncc1. The summed E-state index contributed by atoms with van der Waals surface area (Å²) in [6.45, 7) is 0. The van der Waals surface area contributed by atoms with Gasteiger partial charge in [0, 0.05) is 30.4 Å². The summed E-state index contributed by atoms with van der Waals surface area (Å²) in [6, 6.07) is 17.8. The summed E-state index contributed by atoms with van der Waals surface area (Å²) in [5.74, 6) is 1.77. The number of nitrogens with two attached hydrogens (primary N) is 1. The van der Waals surface area contributed by atoms with Gasteiger partial charge in [-0.15, -0.1) is 0 Å². The lowest BCUT2D eigenvalue weighted by atomic mass is 10.1. The highest BCUT2D eigenvalue weighted by Gasteiger charge is 2.10. The molecule has 0 aliphatic rings. The van der Waals surface area contributed by atoms with Gasteiger partial charge in [-0.1, -0.05) is 30.3 Å². The maximum atomic E-state index is 6.19. The molecular formula is C17H16N2O. The molecule has 0 fully saturated rings. The second kappa shape index (κ2) is 5.72.